The highest BCUT2D eigenvalue weighted by molar-refractivity contribution is 7.13. The molecule has 1 aromatic heterocycles. The summed E-state index contributed by atoms with van der Waals surface area (Å²) in [5, 5.41) is 9.66. The van der Waals surface area contributed by atoms with Gasteiger partial charge in [-0.3, -0.25) is 0 Å². The minimum atomic E-state index is -0.260. The van der Waals surface area contributed by atoms with E-state index in [2.05, 4.69) is 18.2 Å². The first kappa shape index (κ1) is 8.97. The number of aliphatic hydroxyl groups is 1. The second-order valence-corrected chi connectivity index (χ2v) is 4.52. The Morgan fingerprint density at radius 1 is 1.62 bits per heavy atom. The van der Waals surface area contributed by atoms with Crippen LogP contribution in [0.25, 0.3) is 6.08 Å². The smallest absolute Gasteiger partial charge is 0.0879 e. The molecule has 1 aliphatic carbocycles. The van der Waals surface area contributed by atoms with Crippen LogP contribution in [0, 0.1) is 0 Å². The van der Waals surface area contributed by atoms with Crippen molar-refractivity contribution < 1.29 is 5.11 Å². The molecule has 0 radical (unpaired) electrons. The molecule has 0 amide bonds. The van der Waals surface area contributed by atoms with E-state index in [9.17, 15) is 5.11 Å². The van der Waals surface area contributed by atoms with Crippen molar-refractivity contribution in [3.05, 3.63) is 27.5 Å². The molecular formula is C11H14OS. The van der Waals surface area contributed by atoms with E-state index in [1.165, 1.54) is 10.4 Å². The summed E-state index contributed by atoms with van der Waals surface area (Å²) >= 11 is 1.73. The lowest BCUT2D eigenvalue weighted by molar-refractivity contribution is 0.177. The van der Waals surface area contributed by atoms with Gasteiger partial charge in [-0.2, -0.15) is 0 Å². The molecule has 0 bridgehead atoms. The summed E-state index contributed by atoms with van der Waals surface area (Å²) in [4.78, 5) is 2.47. The van der Waals surface area contributed by atoms with E-state index >= 15 is 0 Å². The molecule has 0 aromatic carbocycles. The summed E-state index contributed by atoms with van der Waals surface area (Å²) in [6.45, 7) is 2.01. The van der Waals surface area contributed by atoms with Crippen molar-refractivity contribution in [1.29, 1.82) is 0 Å². The number of aliphatic hydroxyl groups excluding tert-OH is 1. The maximum atomic E-state index is 9.66. The summed E-state index contributed by atoms with van der Waals surface area (Å²) in [6.07, 6.45) is 7.22. The number of rotatable bonds is 2. The van der Waals surface area contributed by atoms with Crippen molar-refractivity contribution >= 4 is 17.4 Å². The van der Waals surface area contributed by atoms with Gasteiger partial charge in [0.2, 0.25) is 0 Å². The van der Waals surface area contributed by atoms with Gasteiger partial charge in [0, 0.05) is 9.75 Å². The maximum absolute atomic E-state index is 9.66. The molecule has 1 nitrogen and oxygen atoms in total. The number of fused-ring (bicyclic) bond motifs is 1. The number of hydrogen-bond acceptors (Lipinski definition) is 2. The molecule has 0 saturated heterocycles. The molecule has 1 aliphatic rings. The zero-order chi connectivity index (χ0) is 9.26. The van der Waals surface area contributed by atoms with Gasteiger partial charge in [-0.15, -0.1) is 11.3 Å². The lowest BCUT2D eigenvalue weighted by Crippen LogP contribution is -1.90. The molecule has 1 aromatic rings. The quantitative estimate of drug-likeness (QED) is 0.766. The van der Waals surface area contributed by atoms with Crippen molar-refractivity contribution in [2.75, 3.05) is 0 Å². The van der Waals surface area contributed by atoms with Crippen LogP contribution < -0.4 is 0 Å². The van der Waals surface area contributed by atoms with E-state index in [1.54, 1.807) is 11.3 Å². The van der Waals surface area contributed by atoms with Crippen LogP contribution in [0.1, 0.15) is 41.2 Å². The molecular weight excluding hydrogens is 180 g/mol. The van der Waals surface area contributed by atoms with Crippen LogP contribution in [-0.4, -0.2) is 5.11 Å². The fraction of sp³-hybridized carbons (Fsp3) is 0.455. The Balaban J connectivity index is 2.31. The number of hydrogen-bond donors (Lipinski definition) is 1. The molecule has 0 unspecified atom stereocenters. The Labute approximate surface area is 82.7 Å². The molecule has 1 atom stereocenters. The molecule has 2 rings (SSSR count). The van der Waals surface area contributed by atoms with Crippen LogP contribution in [0.5, 0.6) is 0 Å². The zero-order valence-electron chi connectivity index (χ0n) is 7.79. The number of allylic oxidation sites excluding steroid dienone is 1. The van der Waals surface area contributed by atoms with Gasteiger partial charge in [0.15, 0.2) is 0 Å². The molecule has 2 heteroatoms. The average molecular weight is 194 g/mol. The van der Waals surface area contributed by atoms with Crippen molar-refractivity contribution in [3.8, 4) is 0 Å². The fourth-order valence-electron chi connectivity index (χ4n) is 1.60. The van der Waals surface area contributed by atoms with Gasteiger partial charge in [0.05, 0.1) is 6.10 Å². The Morgan fingerprint density at radius 2 is 2.46 bits per heavy atom. The number of thiophene rings is 1. The molecule has 0 aliphatic heterocycles. The van der Waals surface area contributed by atoms with Crippen LogP contribution in [0.15, 0.2) is 12.1 Å². The van der Waals surface area contributed by atoms with Gasteiger partial charge in [0.1, 0.15) is 0 Å². The molecule has 13 heavy (non-hydrogen) atoms. The summed E-state index contributed by atoms with van der Waals surface area (Å²) < 4.78 is 0. The van der Waals surface area contributed by atoms with Crippen LogP contribution in [0.2, 0.25) is 0 Å². The normalized spacial score (nSPS) is 17.1. The van der Waals surface area contributed by atoms with Gasteiger partial charge in [0.25, 0.3) is 0 Å². The highest BCUT2D eigenvalue weighted by Crippen LogP contribution is 2.32. The van der Waals surface area contributed by atoms with Gasteiger partial charge in [-0.05, 0) is 37.0 Å². The molecule has 70 valence electrons. The summed E-state index contributed by atoms with van der Waals surface area (Å²) in [7, 11) is 0. The summed E-state index contributed by atoms with van der Waals surface area (Å²) in [5.74, 6) is 0. The lowest BCUT2D eigenvalue weighted by Gasteiger charge is -2.02. The van der Waals surface area contributed by atoms with Gasteiger partial charge >= 0.3 is 0 Å². The topological polar surface area (TPSA) is 20.2 Å². The molecule has 0 fully saturated rings. The predicted molar refractivity (Wildman–Crippen MR) is 56.9 cm³/mol. The minimum Gasteiger partial charge on any atom is -0.388 e. The van der Waals surface area contributed by atoms with Gasteiger partial charge in [-0.1, -0.05) is 13.0 Å². The summed E-state index contributed by atoms with van der Waals surface area (Å²) in [5.41, 5.74) is 1.41. The predicted octanol–water partition coefficient (Wildman–Crippen LogP) is 3.15. The molecule has 1 heterocycles. The lowest BCUT2D eigenvalue weighted by atomic mass is 10.0. The van der Waals surface area contributed by atoms with Crippen LogP contribution in [0.4, 0.5) is 0 Å². The molecule has 0 spiro atoms. The second kappa shape index (κ2) is 3.64. The monoisotopic (exact) mass is 194 g/mol. The van der Waals surface area contributed by atoms with Crippen LogP contribution in [0.3, 0.4) is 0 Å². The highest BCUT2D eigenvalue weighted by atomic mass is 32.1. The average Bonchev–Trinajstić information content (AvgIpc) is 2.59. The Bertz CT molecular complexity index is 325. The SMILES string of the molecule is CC[C@H](O)c1cc2c(s1)C=CCC2. The van der Waals surface area contributed by atoms with Gasteiger partial charge < -0.3 is 5.11 Å². The van der Waals surface area contributed by atoms with Gasteiger partial charge in [-0.25, -0.2) is 0 Å². The second-order valence-electron chi connectivity index (χ2n) is 3.40. The third-order valence-electron chi connectivity index (χ3n) is 2.43. The number of aryl methyl sites for hydroxylation is 1. The van der Waals surface area contributed by atoms with Crippen LogP contribution in [-0.2, 0) is 6.42 Å². The Kier molecular flexibility index (Phi) is 2.51. The third-order valence-corrected chi connectivity index (χ3v) is 3.67. The standard InChI is InChI=1S/C11H14OS/c1-2-9(12)11-7-8-5-3-4-6-10(8)13-11/h4,6-7,9,12H,2-3,5H2,1H3/t9-/m0/s1. The first-order valence-electron chi connectivity index (χ1n) is 4.78. The van der Waals surface area contributed by atoms with Crippen molar-refractivity contribution in [2.24, 2.45) is 0 Å². The van der Waals surface area contributed by atoms with E-state index < -0.39 is 0 Å². The van der Waals surface area contributed by atoms with E-state index in [-0.39, 0.29) is 6.10 Å². The Hall–Kier alpha value is -0.600. The van der Waals surface area contributed by atoms with Crippen molar-refractivity contribution in [2.45, 2.75) is 32.3 Å². The summed E-state index contributed by atoms with van der Waals surface area (Å²) in [6, 6.07) is 2.16. The highest BCUT2D eigenvalue weighted by Gasteiger charge is 2.13. The first-order valence-corrected chi connectivity index (χ1v) is 5.60. The fourth-order valence-corrected chi connectivity index (χ4v) is 2.81. The van der Waals surface area contributed by atoms with E-state index in [0.717, 1.165) is 24.1 Å². The minimum absolute atomic E-state index is 0.260. The maximum Gasteiger partial charge on any atom is 0.0879 e. The first-order chi connectivity index (χ1) is 6.31. The van der Waals surface area contributed by atoms with Crippen molar-refractivity contribution in [1.82, 2.24) is 0 Å². The Morgan fingerprint density at radius 3 is 3.15 bits per heavy atom. The third kappa shape index (κ3) is 1.69. The van der Waals surface area contributed by atoms with E-state index in [0.29, 0.717) is 0 Å². The largest absolute Gasteiger partial charge is 0.388 e. The molecule has 0 saturated carbocycles. The van der Waals surface area contributed by atoms with Crippen molar-refractivity contribution in [3.63, 3.8) is 0 Å². The van der Waals surface area contributed by atoms with E-state index in [4.69, 9.17) is 0 Å². The van der Waals surface area contributed by atoms with E-state index in [1.807, 2.05) is 6.92 Å². The molecule has 1 N–H and O–H groups in total. The zero-order valence-corrected chi connectivity index (χ0v) is 8.60. The van der Waals surface area contributed by atoms with Crippen LogP contribution >= 0.6 is 11.3 Å².